The number of carbonyl (C=O) groups excluding carboxylic acids is 4. The predicted octanol–water partition coefficient (Wildman–Crippen LogP) is 6.91. The van der Waals surface area contributed by atoms with Gasteiger partial charge in [0.05, 0.1) is 31.8 Å². The molecule has 1 aliphatic heterocycles. The Morgan fingerprint density at radius 1 is 0.441 bits per heavy atom. The van der Waals surface area contributed by atoms with Crippen molar-refractivity contribution in [2.24, 2.45) is 0 Å². The van der Waals surface area contributed by atoms with Gasteiger partial charge in [-0.25, -0.2) is 0 Å². The number of rotatable bonds is 12. The maximum atomic E-state index is 14.0. The first-order valence-corrected chi connectivity index (χ1v) is 19.4. The van der Waals surface area contributed by atoms with Gasteiger partial charge in [0.1, 0.15) is 0 Å². The van der Waals surface area contributed by atoms with Crippen LogP contribution in [0.1, 0.15) is 29.2 Å². The van der Waals surface area contributed by atoms with E-state index in [4.69, 9.17) is 23.7 Å². The smallest absolute Gasteiger partial charge is 0.312 e. The van der Waals surface area contributed by atoms with Crippen LogP contribution in [0.15, 0.2) is 122 Å². The summed E-state index contributed by atoms with van der Waals surface area (Å²) in [5.41, 5.74) is 6.11. The molecule has 0 radical (unpaired) electrons. The Kier molecular flexibility index (Phi) is 10.2. The molecule has 0 spiro atoms. The molecule has 1 saturated heterocycles. The van der Waals surface area contributed by atoms with Gasteiger partial charge in [0.2, 0.25) is 12.4 Å². The molecule has 5 atom stereocenters. The minimum absolute atomic E-state index is 0.114. The lowest BCUT2D eigenvalue weighted by atomic mass is 9.98. The van der Waals surface area contributed by atoms with E-state index in [-0.39, 0.29) is 25.7 Å². The highest BCUT2D eigenvalue weighted by atomic mass is 16.7. The highest BCUT2D eigenvalue weighted by Gasteiger charge is 2.52. The molecule has 5 unspecified atom stereocenters. The van der Waals surface area contributed by atoms with Gasteiger partial charge in [-0.1, -0.05) is 72.8 Å². The number of hydrogen-bond acceptors (Lipinski definition) is 9. The number of H-pyrrole nitrogens is 4. The summed E-state index contributed by atoms with van der Waals surface area (Å²) in [5, 5.41) is 3.35. The van der Waals surface area contributed by atoms with Crippen molar-refractivity contribution in [3.05, 3.63) is 144 Å². The van der Waals surface area contributed by atoms with Crippen LogP contribution in [0.5, 0.6) is 0 Å². The van der Waals surface area contributed by atoms with Crippen molar-refractivity contribution in [3.8, 4) is 0 Å². The number of nitrogens with one attached hydrogen (secondary N) is 4. The number of benzene rings is 4. The van der Waals surface area contributed by atoms with Crippen LogP contribution in [-0.2, 0) is 68.5 Å². The Hall–Kier alpha value is -7.12. The van der Waals surface area contributed by atoms with E-state index < -0.39 is 54.6 Å². The Morgan fingerprint density at radius 3 is 1.12 bits per heavy atom. The molecule has 298 valence electrons. The molecule has 0 aliphatic carbocycles. The molecular weight excluding hydrogens is 753 g/mol. The number of carbonyl (C=O) groups is 4. The average Bonchev–Trinajstić information content (AvgIpc) is 4.04. The van der Waals surface area contributed by atoms with Crippen LogP contribution in [-0.4, -0.2) is 74.5 Å². The van der Waals surface area contributed by atoms with E-state index in [1.165, 1.54) is 0 Å². The van der Waals surface area contributed by atoms with Gasteiger partial charge >= 0.3 is 23.9 Å². The summed E-state index contributed by atoms with van der Waals surface area (Å²) < 4.78 is 30.7. The number of para-hydroxylation sites is 4. The van der Waals surface area contributed by atoms with Crippen molar-refractivity contribution in [2.75, 3.05) is 0 Å². The lowest BCUT2D eigenvalue weighted by Crippen LogP contribution is -2.62. The molecule has 5 heterocycles. The van der Waals surface area contributed by atoms with Crippen molar-refractivity contribution in [1.82, 2.24) is 19.9 Å². The third-order valence-corrected chi connectivity index (χ3v) is 10.8. The van der Waals surface area contributed by atoms with Crippen molar-refractivity contribution < 1.29 is 42.9 Å². The Labute approximate surface area is 336 Å². The lowest BCUT2D eigenvalue weighted by Gasteiger charge is -2.43. The highest BCUT2D eigenvalue weighted by Crippen LogP contribution is 2.32. The van der Waals surface area contributed by atoms with E-state index in [0.29, 0.717) is 22.3 Å². The first-order chi connectivity index (χ1) is 28.8. The van der Waals surface area contributed by atoms with E-state index in [2.05, 4.69) is 19.9 Å². The third kappa shape index (κ3) is 7.80. The fraction of sp³-hybridized carbons (Fsp3) is 0.217. The number of fused-ring (bicyclic) bond motifs is 4. The number of ether oxygens (including phenoxy) is 5. The molecule has 0 amide bonds. The molecule has 1 aliphatic rings. The quantitative estimate of drug-likeness (QED) is 0.0757. The molecule has 13 nitrogen and oxygen atoms in total. The summed E-state index contributed by atoms with van der Waals surface area (Å²) in [7, 11) is 0. The number of aromatic nitrogens is 4. The van der Waals surface area contributed by atoms with Crippen LogP contribution >= 0.6 is 0 Å². The van der Waals surface area contributed by atoms with Gasteiger partial charge in [-0.3, -0.25) is 19.2 Å². The molecule has 13 heteroatoms. The minimum Gasteiger partial charge on any atom is -0.455 e. The Balaban J connectivity index is 1.03. The maximum absolute atomic E-state index is 14.0. The zero-order valence-electron chi connectivity index (χ0n) is 31.9. The zero-order chi connectivity index (χ0) is 40.5. The molecule has 59 heavy (non-hydrogen) atoms. The Bertz CT molecular complexity index is 2830. The van der Waals surface area contributed by atoms with E-state index in [1.807, 2.05) is 97.1 Å². The molecule has 4 N–H and O–H groups in total. The molecular formula is C46H40N4O9. The van der Waals surface area contributed by atoms with E-state index >= 15 is 0 Å². The van der Waals surface area contributed by atoms with Crippen LogP contribution in [0.3, 0.4) is 0 Å². The molecule has 4 aromatic carbocycles. The van der Waals surface area contributed by atoms with Crippen molar-refractivity contribution in [3.63, 3.8) is 0 Å². The molecule has 9 rings (SSSR count). The van der Waals surface area contributed by atoms with Crippen molar-refractivity contribution >= 4 is 67.5 Å². The number of hydrogen-bond donors (Lipinski definition) is 4. The summed E-state index contributed by atoms with van der Waals surface area (Å²) in [5.74, 6) is -2.71. The van der Waals surface area contributed by atoms with Crippen molar-refractivity contribution in [1.29, 1.82) is 0 Å². The van der Waals surface area contributed by atoms with Crippen LogP contribution in [0.4, 0.5) is 0 Å². The monoisotopic (exact) mass is 792 g/mol. The molecule has 4 aromatic heterocycles. The fourth-order valence-electron chi connectivity index (χ4n) is 7.97. The van der Waals surface area contributed by atoms with Gasteiger partial charge in [-0.05, 0) is 53.4 Å². The average molecular weight is 793 g/mol. The van der Waals surface area contributed by atoms with Gasteiger partial charge in [-0.15, -0.1) is 0 Å². The van der Waals surface area contributed by atoms with Gasteiger partial charge < -0.3 is 43.6 Å². The standard InChI is InChI=1S/C46H40N4O9/c1-26-43(56-39(51)18-27-22-47-35-14-6-2-10-31(27)35)44(57-40(52)19-28-23-48-36-15-7-3-11-32(28)36)45(58-41(53)20-29-24-49-37-16-8-4-12-33(29)37)46(55-26)59-42(54)21-30-25-50-38-17-9-5-13-34(30)38/h2-17,22-26,43-50H,18-21H2,1H3. The SMILES string of the molecule is CC1OC(OC(=O)Cc2c[nH]c3ccccc23)C(OC(=O)Cc2c[nH]c3ccccc23)C(OC(=O)Cc2c[nH]c3ccccc23)C1OC(=O)Cc1c[nH]c2ccccc12. The molecule has 0 bridgehead atoms. The van der Waals surface area contributed by atoms with E-state index in [9.17, 15) is 19.2 Å². The maximum Gasteiger partial charge on any atom is 0.312 e. The van der Waals surface area contributed by atoms with Gasteiger partial charge in [-0.2, -0.15) is 0 Å². The van der Waals surface area contributed by atoms with E-state index in [1.54, 1.807) is 31.7 Å². The van der Waals surface area contributed by atoms with Gasteiger partial charge in [0.15, 0.2) is 12.2 Å². The highest BCUT2D eigenvalue weighted by molar-refractivity contribution is 5.90. The topological polar surface area (TPSA) is 178 Å². The van der Waals surface area contributed by atoms with Crippen LogP contribution in [0.2, 0.25) is 0 Å². The van der Waals surface area contributed by atoms with Crippen molar-refractivity contribution in [2.45, 2.75) is 63.3 Å². The Morgan fingerprint density at radius 2 is 0.746 bits per heavy atom. The van der Waals surface area contributed by atoms with Crippen LogP contribution in [0.25, 0.3) is 43.6 Å². The fourth-order valence-corrected chi connectivity index (χ4v) is 7.97. The van der Waals surface area contributed by atoms with E-state index in [0.717, 1.165) is 43.6 Å². The van der Waals surface area contributed by atoms with Gasteiger partial charge in [0, 0.05) is 68.4 Å². The van der Waals surface area contributed by atoms with Crippen LogP contribution in [0, 0.1) is 0 Å². The second kappa shape index (κ2) is 16.0. The summed E-state index contributed by atoms with van der Waals surface area (Å²) >= 11 is 0. The first-order valence-electron chi connectivity index (χ1n) is 19.4. The van der Waals surface area contributed by atoms with Gasteiger partial charge in [0.25, 0.3) is 0 Å². The largest absolute Gasteiger partial charge is 0.455 e. The summed E-state index contributed by atoms with van der Waals surface area (Å²) in [6.45, 7) is 1.62. The molecule has 8 aromatic rings. The number of esters is 4. The lowest BCUT2D eigenvalue weighted by molar-refractivity contribution is -0.293. The molecule has 0 saturated carbocycles. The van der Waals surface area contributed by atoms with Crippen LogP contribution < -0.4 is 0 Å². The second-order valence-electron chi connectivity index (χ2n) is 14.7. The predicted molar refractivity (Wildman–Crippen MR) is 218 cm³/mol. The summed E-state index contributed by atoms with van der Waals surface area (Å²) in [4.78, 5) is 68.1. The third-order valence-electron chi connectivity index (χ3n) is 10.8. The number of aromatic amines is 4. The molecule has 1 fully saturated rings. The second-order valence-corrected chi connectivity index (χ2v) is 14.7. The minimum atomic E-state index is -1.54. The first kappa shape index (κ1) is 37.5. The summed E-state index contributed by atoms with van der Waals surface area (Å²) in [6, 6.07) is 30.2. The summed E-state index contributed by atoms with van der Waals surface area (Å²) in [6.07, 6.45) is -0.435. The zero-order valence-corrected chi connectivity index (χ0v) is 31.9. The normalized spacial score (nSPS) is 19.2.